The number of aliphatic hydroxyl groups is 1. The number of rotatable bonds is 3. The number of carbonyl (C=O) groups excluding carboxylic acids is 1. The van der Waals surface area contributed by atoms with Gasteiger partial charge in [-0.25, -0.2) is 4.63 Å². The number of hydrogen-bond donors (Lipinski definition) is 1. The number of fused-ring (bicyclic) bond motifs is 1. The summed E-state index contributed by atoms with van der Waals surface area (Å²) in [5, 5.41) is 17.6. The fourth-order valence-electron chi connectivity index (χ4n) is 2.97. The lowest BCUT2D eigenvalue weighted by Gasteiger charge is -2.35. The van der Waals surface area contributed by atoms with Gasteiger partial charge in [0, 0.05) is 7.05 Å². The summed E-state index contributed by atoms with van der Waals surface area (Å²) < 4.78 is 4.65. The first-order valence-electron chi connectivity index (χ1n) is 7.30. The molecule has 1 saturated carbocycles. The molecule has 0 saturated heterocycles. The molecule has 1 fully saturated rings. The topological polar surface area (TPSA) is 79.5 Å². The van der Waals surface area contributed by atoms with E-state index >= 15 is 0 Å². The Morgan fingerprint density at radius 3 is 2.90 bits per heavy atom. The van der Waals surface area contributed by atoms with Gasteiger partial charge in [0.1, 0.15) is 11.0 Å². The lowest BCUT2D eigenvalue weighted by molar-refractivity contribution is -0.134. The second-order valence-corrected chi connectivity index (χ2v) is 5.69. The Morgan fingerprint density at radius 2 is 2.10 bits per heavy atom. The zero-order valence-corrected chi connectivity index (χ0v) is 12.0. The van der Waals surface area contributed by atoms with Crippen LogP contribution in [0.5, 0.6) is 0 Å². The molecule has 0 radical (unpaired) electrons. The summed E-state index contributed by atoms with van der Waals surface area (Å²) in [6, 6.07) is 5.40. The van der Waals surface area contributed by atoms with Crippen LogP contribution in [-0.2, 0) is 11.2 Å². The number of aromatic nitrogens is 2. The molecule has 1 aliphatic rings. The predicted octanol–water partition coefficient (Wildman–Crippen LogP) is 1.53. The molecule has 112 valence electrons. The van der Waals surface area contributed by atoms with Crippen molar-refractivity contribution in [3.05, 3.63) is 23.8 Å². The standard InChI is InChI=1S/C15H19N3O3/c1-18(13-4-2-3-5-14(13)19)15(20)9-10-6-7-11-12(8-10)17-21-16-11/h6-8,13-14,19H,2-5,9H2,1H3. The Hall–Kier alpha value is -1.95. The molecule has 21 heavy (non-hydrogen) atoms. The van der Waals surface area contributed by atoms with Crippen molar-refractivity contribution >= 4 is 16.9 Å². The molecule has 1 N–H and O–H groups in total. The summed E-state index contributed by atoms with van der Waals surface area (Å²) in [4.78, 5) is 14.1. The maximum atomic E-state index is 12.4. The quantitative estimate of drug-likeness (QED) is 0.927. The van der Waals surface area contributed by atoms with E-state index in [-0.39, 0.29) is 11.9 Å². The molecule has 3 rings (SSSR count). The van der Waals surface area contributed by atoms with Crippen molar-refractivity contribution < 1.29 is 14.5 Å². The van der Waals surface area contributed by atoms with Gasteiger partial charge >= 0.3 is 0 Å². The third-order valence-electron chi connectivity index (χ3n) is 4.26. The predicted molar refractivity (Wildman–Crippen MR) is 76.5 cm³/mol. The molecule has 0 bridgehead atoms. The largest absolute Gasteiger partial charge is 0.391 e. The number of nitrogens with zero attached hydrogens (tertiary/aromatic N) is 3. The molecule has 6 nitrogen and oxygen atoms in total. The summed E-state index contributed by atoms with van der Waals surface area (Å²) in [7, 11) is 1.78. The zero-order chi connectivity index (χ0) is 14.8. The van der Waals surface area contributed by atoms with E-state index in [1.165, 1.54) is 0 Å². The number of benzene rings is 1. The molecule has 6 heteroatoms. The Balaban J connectivity index is 1.69. The second kappa shape index (κ2) is 5.81. The molecule has 2 aromatic rings. The van der Waals surface area contributed by atoms with Crippen LogP contribution in [0.4, 0.5) is 0 Å². The molecular formula is C15H19N3O3. The molecule has 0 aliphatic heterocycles. The van der Waals surface area contributed by atoms with Crippen LogP contribution in [-0.4, -0.2) is 45.4 Å². The number of hydrogen-bond acceptors (Lipinski definition) is 5. The van der Waals surface area contributed by atoms with Gasteiger partial charge in [0.2, 0.25) is 5.91 Å². The maximum Gasteiger partial charge on any atom is 0.227 e. The first kappa shape index (κ1) is 14.0. The Morgan fingerprint density at radius 1 is 1.33 bits per heavy atom. The molecule has 1 heterocycles. The van der Waals surface area contributed by atoms with Gasteiger partial charge in [-0.1, -0.05) is 18.9 Å². The number of likely N-dealkylation sites (N-methyl/N-ethyl adjacent to an activating group) is 1. The van der Waals surface area contributed by atoms with Crippen LogP contribution in [0.15, 0.2) is 22.8 Å². The highest BCUT2D eigenvalue weighted by atomic mass is 16.6. The lowest BCUT2D eigenvalue weighted by atomic mass is 9.91. The van der Waals surface area contributed by atoms with Crippen molar-refractivity contribution in [1.29, 1.82) is 0 Å². The van der Waals surface area contributed by atoms with Crippen LogP contribution in [0.25, 0.3) is 11.0 Å². The maximum absolute atomic E-state index is 12.4. The van der Waals surface area contributed by atoms with Crippen LogP contribution < -0.4 is 0 Å². The van der Waals surface area contributed by atoms with Crippen molar-refractivity contribution in [3.63, 3.8) is 0 Å². The van der Waals surface area contributed by atoms with Crippen LogP contribution in [0.3, 0.4) is 0 Å². The SMILES string of the molecule is CN(C(=O)Cc1ccc2nonc2c1)C1CCCCC1O. The summed E-state index contributed by atoms with van der Waals surface area (Å²) in [5.74, 6) is 0.0109. The molecular weight excluding hydrogens is 270 g/mol. The normalized spacial score (nSPS) is 22.4. The smallest absolute Gasteiger partial charge is 0.227 e. The third-order valence-corrected chi connectivity index (χ3v) is 4.26. The molecule has 1 aromatic carbocycles. The highest BCUT2D eigenvalue weighted by Crippen LogP contribution is 2.23. The van der Waals surface area contributed by atoms with E-state index in [0.717, 1.165) is 31.2 Å². The summed E-state index contributed by atoms with van der Waals surface area (Å²) in [6.07, 6.45) is 3.64. The fourth-order valence-corrected chi connectivity index (χ4v) is 2.97. The Labute approximate surface area is 122 Å². The van der Waals surface area contributed by atoms with Crippen molar-refractivity contribution in [3.8, 4) is 0 Å². The van der Waals surface area contributed by atoms with E-state index in [1.807, 2.05) is 12.1 Å². The van der Waals surface area contributed by atoms with E-state index < -0.39 is 6.10 Å². The van der Waals surface area contributed by atoms with Crippen molar-refractivity contribution in [1.82, 2.24) is 15.2 Å². The van der Waals surface area contributed by atoms with Crippen molar-refractivity contribution in [2.45, 2.75) is 44.2 Å². The van der Waals surface area contributed by atoms with Crippen LogP contribution in [0.1, 0.15) is 31.2 Å². The first-order chi connectivity index (χ1) is 10.1. The molecule has 1 aromatic heterocycles. The van der Waals surface area contributed by atoms with Gasteiger partial charge in [0.15, 0.2) is 0 Å². The van der Waals surface area contributed by atoms with Gasteiger partial charge in [0.25, 0.3) is 0 Å². The minimum Gasteiger partial charge on any atom is -0.391 e. The van der Waals surface area contributed by atoms with E-state index in [2.05, 4.69) is 14.9 Å². The van der Waals surface area contributed by atoms with E-state index in [1.54, 1.807) is 18.0 Å². The van der Waals surface area contributed by atoms with E-state index in [4.69, 9.17) is 0 Å². The summed E-state index contributed by atoms with van der Waals surface area (Å²) >= 11 is 0. The van der Waals surface area contributed by atoms with Gasteiger partial charge in [-0.3, -0.25) is 4.79 Å². The number of amides is 1. The van der Waals surface area contributed by atoms with Gasteiger partial charge in [0.05, 0.1) is 18.6 Å². The fraction of sp³-hybridized carbons (Fsp3) is 0.533. The van der Waals surface area contributed by atoms with Gasteiger partial charge in [-0.15, -0.1) is 0 Å². The van der Waals surface area contributed by atoms with Crippen LogP contribution in [0, 0.1) is 0 Å². The van der Waals surface area contributed by atoms with E-state index in [9.17, 15) is 9.90 Å². The monoisotopic (exact) mass is 289 g/mol. The molecule has 2 atom stereocenters. The van der Waals surface area contributed by atoms with E-state index in [0.29, 0.717) is 17.5 Å². The van der Waals surface area contributed by atoms with Crippen LogP contribution >= 0.6 is 0 Å². The van der Waals surface area contributed by atoms with Crippen molar-refractivity contribution in [2.24, 2.45) is 0 Å². The molecule has 1 aliphatic carbocycles. The highest BCUT2D eigenvalue weighted by Gasteiger charge is 2.29. The molecule has 2 unspecified atom stereocenters. The van der Waals surface area contributed by atoms with Crippen molar-refractivity contribution in [2.75, 3.05) is 7.05 Å². The second-order valence-electron chi connectivity index (χ2n) is 5.69. The first-order valence-corrected chi connectivity index (χ1v) is 7.30. The minimum absolute atomic E-state index is 0.0109. The Bertz CT molecular complexity index is 640. The highest BCUT2D eigenvalue weighted by molar-refractivity contribution is 5.81. The lowest BCUT2D eigenvalue weighted by Crippen LogP contribution is -2.46. The zero-order valence-electron chi connectivity index (χ0n) is 12.0. The summed E-state index contributed by atoms with van der Waals surface area (Å²) in [6.45, 7) is 0. The molecule has 0 spiro atoms. The number of aliphatic hydroxyl groups excluding tert-OH is 1. The van der Waals surface area contributed by atoms with Gasteiger partial charge < -0.3 is 10.0 Å². The van der Waals surface area contributed by atoms with Gasteiger partial charge in [-0.05, 0) is 40.9 Å². The average molecular weight is 289 g/mol. The average Bonchev–Trinajstić information content (AvgIpc) is 2.94. The Kier molecular flexibility index (Phi) is 3.88. The molecule has 1 amide bonds. The number of carbonyl (C=O) groups is 1. The minimum atomic E-state index is -0.407. The van der Waals surface area contributed by atoms with Gasteiger partial charge in [-0.2, -0.15) is 0 Å². The van der Waals surface area contributed by atoms with Crippen LogP contribution in [0.2, 0.25) is 0 Å². The third kappa shape index (κ3) is 2.90. The summed E-state index contributed by atoms with van der Waals surface area (Å²) in [5.41, 5.74) is 2.21.